The number of amides is 1. The molecule has 0 bridgehead atoms. The Morgan fingerprint density at radius 2 is 2.09 bits per heavy atom. The number of ether oxygens (including phenoxy) is 1. The maximum Gasteiger partial charge on any atom is 0.246 e. The van der Waals surface area contributed by atoms with Crippen molar-refractivity contribution in [3.63, 3.8) is 0 Å². The number of H-pyrrole nitrogens is 1. The minimum atomic E-state index is -0.815. The van der Waals surface area contributed by atoms with Crippen LogP contribution in [0.4, 0.5) is 14.6 Å². The smallest absolute Gasteiger partial charge is 0.246 e. The van der Waals surface area contributed by atoms with Gasteiger partial charge in [-0.2, -0.15) is 0 Å². The van der Waals surface area contributed by atoms with Gasteiger partial charge in [-0.1, -0.05) is 23.4 Å². The van der Waals surface area contributed by atoms with E-state index in [0.717, 1.165) is 0 Å². The largest absolute Gasteiger partial charge is 0.489 e. The van der Waals surface area contributed by atoms with E-state index in [1.165, 1.54) is 24.5 Å². The number of aromatic amines is 1. The zero-order valence-electron chi connectivity index (χ0n) is 17.6. The first-order valence-corrected chi connectivity index (χ1v) is 10.8. The van der Waals surface area contributed by atoms with Gasteiger partial charge in [0.1, 0.15) is 35.6 Å². The Kier molecular flexibility index (Phi) is 4.63. The number of nitrogens with one attached hydrogen (secondary N) is 1. The first-order chi connectivity index (χ1) is 16.5. The molecule has 1 amide bonds. The molecule has 2 aliphatic heterocycles. The van der Waals surface area contributed by atoms with Gasteiger partial charge in [0.05, 0.1) is 27.5 Å². The number of nitrogens with zero attached hydrogens (tertiary/aromatic N) is 6. The topological polar surface area (TPSA) is 100 Å². The SMILES string of the molecule is C=CC(=O)N1CCN2c3ncnc4c(F)c(-c5c(F)ccc6[nH]nnc56)c(Cl)c(c34)OC[C@@H]2C1. The molecule has 4 aromatic rings. The van der Waals surface area contributed by atoms with E-state index < -0.39 is 11.6 Å². The summed E-state index contributed by atoms with van der Waals surface area (Å²) in [6.45, 7) is 4.95. The van der Waals surface area contributed by atoms with Crippen molar-refractivity contribution < 1.29 is 18.3 Å². The third-order valence-corrected chi connectivity index (χ3v) is 6.62. The molecule has 0 unspecified atom stereocenters. The van der Waals surface area contributed by atoms with Crippen LogP contribution in [0.25, 0.3) is 33.1 Å². The van der Waals surface area contributed by atoms with Gasteiger partial charge in [0.2, 0.25) is 5.91 Å². The van der Waals surface area contributed by atoms with Crippen LogP contribution >= 0.6 is 11.6 Å². The summed E-state index contributed by atoms with van der Waals surface area (Å²) in [5, 5.41) is 10.4. The number of hydrogen-bond donors (Lipinski definition) is 1. The molecule has 34 heavy (non-hydrogen) atoms. The van der Waals surface area contributed by atoms with Crippen LogP contribution < -0.4 is 9.64 Å². The highest BCUT2D eigenvalue weighted by Crippen LogP contribution is 2.48. The third kappa shape index (κ3) is 2.86. The van der Waals surface area contributed by atoms with Crippen LogP contribution in [0.15, 0.2) is 31.1 Å². The van der Waals surface area contributed by atoms with Crippen LogP contribution in [0.5, 0.6) is 5.75 Å². The van der Waals surface area contributed by atoms with E-state index in [4.69, 9.17) is 16.3 Å². The number of aromatic nitrogens is 5. The summed E-state index contributed by atoms with van der Waals surface area (Å²) in [7, 11) is 0. The quantitative estimate of drug-likeness (QED) is 0.437. The van der Waals surface area contributed by atoms with Crippen LogP contribution in [-0.2, 0) is 4.79 Å². The van der Waals surface area contributed by atoms with E-state index in [1.54, 1.807) is 4.90 Å². The predicted octanol–water partition coefficient (Wildman–Crippen LogP) is 3.10. The Morgan fingerprint density at radius 3 is 2.91 bits per heavy atom. The fourth-order valence-electron chi connectivity index (χ4n) is 4.68. The maximum absolute atomic E-state index is 16.0. The third-order valence-electron chi connectivity index (χ3n) is 6.26. The van der Waals surface area contributed by atoms with Gasteiger partial charge in [0, 0.05) is 25.2 Å². The number of carbonyl (C=O) groups excluding carboxylic acids is 1. The summed E-state index contributed by atoms with van der Waals surface area (Å²) in [6.07, 6.45) is 2.52. The number of fused-ring (bicyclic) bond motifs is 3. The van der Waals surface area contributed by atoms with E-state index in [9.17, 15) is 4.79 Å². The number of halogens is 3. The molecule has 0 radical (unpaired) electrons. The van der Waals surface area contributed by atoms with Crippen molar-refractivity contribution in [3.05, 3.63) is 47.8 Å². The molecule has 1 N–H and O–H groups in total. The number of hydrogen-bond acceptors (Lipinski definition) is 7. The lowest BCUT2D eigenvalue weighted by Crippen LogP contribution is -2.56. The fourth-order valence-corrected chi connectivity index (χ4v) is 5.00. The molecule has 1 fully saturated rings. The Morgan fingerprint density at radius 1 is 1.24 bits per heavy atom. The fraction of sp³-hybridized carbons (Fsp3) is 0.227. The van der Waals surface area contributed by atoms with Crippen molar-refractivity contribution in [2.75, 3.05) is 31.1 Å². The number of anilines is 1. The molecule has 2 aliphatic rings. The first-order valence-electron chi connectivity index (χ1n) is 10.5. The lowest BCUT2D eigenvalue weighted by atomic mass is 9.99. The summed E-state index contributed by atoms with van der Waals surface area (Å²) < 4.78 is 37.1. The standard InChI is InChI=1S/C22H16ClF2N7O2/c1-2-13(33)31-5-6-32-10(7-31)8-34-21-16-20(26-9-27-22(16)32)18(25)15(17(21)23)14-11(24)3-4-12-19(14)29-30-28-12/h2-4,9-10H,1,5-8H2,(H,28,29,30)/t10-/m0/s1. The maximum atomic E-state index is 16.0. The second kappa shape index (κ2) is 7.59. The zero-order chi connectivity index (χ0) is 23.6. The van der Waals surface area contributed by atoms with Gasteiger partial charge in [0.25, 0.3) is 0 Å². The molecule has 0 spiro atoms. The van der Waals surface area contributed by atoms with Crippen LogP contribution in [0.2, 0.25) is 5.02 Å². The summed E-state index contributed by atoms with van der Waals surface area (Å²) in [4.78, 5) is 24.3. The second-order valence-corrected chi connectivity index (χ2v) is 8.41. The highest BCUT2D eigenvalue weighted by Gasteiger charge is 2.37. The number of carbonyl (C=O) groups is 1. The van der Waals surface area contributed by atoms with Gasteiger partial charge >= 0.3 is 0 Å². The normalized spacial score (nSPS) is 17.4. The molecule has 0 saturated carbocycles. The van der Waals surface area contributed by atoms with E-state index in [2.05, 4.69) is 32.0 Å². The number of benzene rings is 2. The lowest BCUT2D eigenvalue weighted by Gasteiger charge is -2.40. The van der Waals surface area contributed by atoms with Crippen molar-refractivity contribution in [2.45, 2.75) is 6.04 Å². The molecule has 1 atom stereocenters. The molecule has 2 aromatic heterocycles. The Labute approximate surface area is 196 Å². The summed E-state index contributed by atoms with van der Waals surface area (Å²) >= 11 is 6.70. The zero-order valence-corrected chi connectivity index (χ0v) is 18.3. The molecule has 0 aliphatic carbocycles. The highest BCUT2D eigenvalue weighted by molar-refractivity contribution is 6.37. The van der Waals surface area contributed by atoms with Gasteiger partial charge in [0.15, 0.2) is 11.6 Å². The van der Waals surface area contributed by atoms with Crippen molar-refractivity contribution >= 4 is 45.3 Å². The van der Waals surface area contributed by atoms with E-state index >= 15 is 8.78 Å². The predicted molar refractivity (Wildman–Crippen MR) is 121 cm³/mol. The summed E-state index contributed by atoms with van der Waals surface area (Å²) in [5.74, 6) is -1.12. The molecule has 12 heteroatoms. The van der Waals surface area contributed by atoms with Crippen LogP contribution in [0, 0.1) is 11.6 Å². The summed E-state index contributed by atoms with van der Waals surface area (Å²) in [5.41, 5.74) is 0.150. The monoisotopic (exact) mass is 483 g/mol. The Balaban J connectivity index is 1.58. The van der Waals surface area contributed by atoms with Gasteiger partial charge in [-0.3, -0.25) is 9.89 Å². The first kappa shape index (κ1) is 20.7. The molecule has 6 rings (SSSR count). The van der Waals surface area contributed by atoms with Gasteiger partial charge in [-0.05, 0) is 18.2 Å². The molecule has 172 valence electrons. The molecular formula is C22H16ClF2N7O2. The highest BCUT2D eigenvalue weighted by atomic mass is 35.5. The molecular weight excluding hydrogens is 468 g/mol. The second-order valence-electron chi connectivity index (χ2n) is 8.03. The van der Waals surface area contributed by atoms with Crippen molar-refractivity contribution in [1.82, 2.24) is 30.3 Å². The van der Waals surface area contributed by atoms with Crippen LogP contribution in [0.1, 0.15) is 0 Å². The Hall–Kier alpha value is -3.86. The minimum absolute atomic E-state index is 0.0513. The van der Waals surface area contributed by atoms with E-state index in [1.807, 2.05) is 4.90 Å². The van der Waals surface area contributed by atoms with Crippen molar-refractivity contribution in [2.24, 2.45) is 0 Å². The van der Waals surface area contributed by atoms with Gasteiger partial charge < -0.3 is 14.5 Å². The molecule has 4 heterocycles. The average Bonchev–Trinajstić information content (AvgIpc) is 3.26. The van der Waals surface area contributed by atoms with E-state index in [-0.39, 0.29) is 51.5 Å². The Bertz CT molecular complexity index is 1510. The number of piperazine rings is 1. The van der Waals surface area contributed by atoms with Crippen molar-refractivity contribution in [1.29, 1.82) is 0 Å². The van der Waals surface area contributed by atoms with E-state index in [0.29, 0.717) is 36.4 Å². The average molecular weight is 484 g/mol. The van der Waals surface area contributed by atoms with Gasteiger partial charge in [-0.25, -0.2) is 18.7 Å². The molecule has 1 saturated heterocycles. The van der Waals surface area contributed by atoms with Gasteiger partial charge in [-0.15, -0.1) is 5.10 Å². The lowest BCUT2D eigenvalue weighted by molar-refractivity contribution is -0.126. The minimum Gasteiger partial charge on any atom is -0.489 e. The van der Waals surface area contributed by atoms with Crippen LogP contribution in [-0.4, -0.2) is 68.5 Å². The molecule has 9 nitrogen and oxygen atoms in total. The number of rotatable bonds is 2. The molecule has 2 aromatic carbocycles. The summed E-state index contributed by atoms with van der Waals surface area (Å²) in [6, 6.07) is 2.38. The van der Waals surface area contributed by atoms with Crippen LogP contribution in [0.3, 0.4) is 0 Å². The van der Waals surface area contributed by atoms with Crippen molar-refractivity contribution in [3.8, 4) is 16.9 Å².